The quantitative estimate of drug-likeness (QED) is 0.183. The Morgan fingerprint density at radius 1 is 1.11 bits per heavy atom. The van der Waals surface area contributed by atoms with Crippen molar-refractivity contribution in [1.82, 2.24) is 4.98 Å². The zero-order chi connectivity index (χ0) is 26.5. The molecule has 1 N–H and O–H groups in total. The van der Waals surface area contributed by atoms with Crippen LogP contribution in [0, 0.1) is 11.3 Å². The highest BCUT2D eigenvalue weighted by Crippen LogP contribution is 2.30. The first-order valence-corrected chi connectivity index (χ1v) is 12.6. The van der Waals surface area contributed by atoms with Gasteiger partial charge in [-0.25, -0.2) is 9.78 Å². The van der Waals surface area contributed by atoms with E-state index in [1.807, 2.05) is 18.2 Å². The van der Waals surface area contributed by atoms with Crippen molar-refractivity contribution >= 4 is 57.2 Å². The number of anilines is 1. The number of hydrogen-bond donors (Lipinski definition) is 1. The minimum Gasteiger partial charge on any atom is -0.483 e. The monoisotopic (exact) mass is 539 g/mol. The third-order valence-corrected chi connectivity index (χ3v) is 6.57. The molecule has 0 bridgehead atoms. The number of aromatic nitrogens is 1. The lowest BCUT2D eigenvalue weighted by atomic mass is 10.1. The van der Waals surface area contributed by atoms with Gasteiger partial charge >= 0.3 is 5.63 Å². The lowest BCUT2D eigenvalue weighted by Crippen LogP contribution is -2.20. The van der Waals surface area contributed by atoms with Gasteiger partial charge in [-0.1, -0.05) is 48.0 Å². The number of nitriles is 1. The van der Waals surface area contributed by atoms with Gasteiger partial charge in [-0.2, -0.15) is 5.26 Å². The second-order valence-electron chi connectivity index (χ2n) is 8.08. The van der Waals surface area contributed by atoms with Crippen molar-refractivity contribution in [2.45, 2.75) is 0 Å². The van der Waals surface area contributed by atoms with Crippen LogP contribution in [0.25, 0.3) is 33.9 Å². The summed E-state index contributed by atoms with van der Waals surface area (Å²) < 4.78 is 11.2. The molecule has 5 rings (SSSR count). The van der Waals surface area contributed by atoms with Crippen molar-refractivity contribution in [2.75, 3.05) is 11.9 Å². The number of allylic oxidation sites excluding steroid dienone is 1. The largest absolute Gasteiger partial charge is 0.483 e. The van der Waals surface area contributed by atoms with E-state index in [9.17, 15) is 14.9 Å². The Hall–Kier alpha value is -4.71. The van der Waals surface area contributed by atoms with E-state index < -0.39 is 5.63 Å². The number of carbonyl (C=O) groups excluding carboxylic acids is 1. The van der Waals surface area contributed by atoms with Crippen LogP contribution in [0.2, 0.25) is 5.02 Å². The van der Waals surface area contributed by atoms with E-state index in [4.69, 9.17) is 20.8 Å². The molecule has 0 aliphatic heterocycles. The molecule has 0 aliphatic carbocycles. The van der Waals surface area contributed by atoms with Crippen LogP contribution < -0.4 is 15.7 Å². The lowest BCUT2D eigenvalue weighted by molar-refractivity contribution is -0.118. The summed E-state index contributed by atoms with van der Waals surface area (Å²) in [6.45, 7) is -0.204. The predicted octanol–water partition coefficient (Wildman–Crippen LogP) is 6.65. The minimum absolute atomic E-state index is 0.204. The normalized spacial score (nSPS) is 11.2. The molecule has 2 aromatic heterocycles. The fraction of sp³-hybridized carbons (Fsp3) is 0.0345. The van der Waals surface area contributed by atoms with Crippen LogP contribution in [-0.2, 0) is 4.79 Å². The van der Waals surface area contributed by atoms with E-state index in [-0.39, 0.29) is 23.7 Å². The highest BCUT2D eigenvalue weighted by atomic mass is 35.5. The molecule has 0 atom stereocenters. The molecular formula is C29H18ClN3O4S. The molecule has 0 unspecified atom stereocenters. The molecule has 1 amide bonds. The molecule has 38 heavy (non-hydrogen) atoms. The fourth-order valence-electron chi connectivity index (χ4n) is 3.68. The number of rotatable bonds is 7. The molecule has 2 heterocycles. The molecule has 0 spiro atoms. The summed E-state index contributed by atoms with van der Waals surface area (Å²) in [5.74, 6) is 0.128. The van der Waals surface area contributed by atoms with Gasteiger partial charge in [0, 0.05) is 27.0 Å². The maximum absolute atomic E-state index is 12.6. The van der Waals surface area contributed by atoms with Crippen LogP contribution >= 0.6 is 22.9 Å². The number of ether oxygens (including phenoxy) is 1. The molecule has 186 valence electrons. The van der Waals surface area contributed by atoms with Gasteiger partial charge in [0.15, 0.2) is 6.61 Å². The van der Waals surface area contributed by atoms with Crippen LogP contribution in [0.15, 0.2) is 93.5 Å². The zero-order valence-corrected chi connectivity index (χ0v) is 21.3. The standard InChI is InChI=1S/C29H18ClN3O4S/c30-21-10-11-26-19(13-21)14-23(29(35)37-26)24-17-38-28(33-24)20(15-31)12-18-6-4-5-9-25(18)36-16-27(34)32-22-7-2-1-3-8-22/h1-14,17H,16H2,(H,32,34)/b20-12+. The number of thiazole rings is 1. The Morgan fingerprint density at radius 3 is 2.71 bits per heavy atom. The van der Waals surface area contributed by atoms with Gasteiger partial charge in [0.05, 0.1) is 16.8 Å². The number of halogens is 1. The Labute approximate surface area is 226 Å². The van der Waals surface area contributed by atoms with Gasteiger partial charge in [-0.15, -0.1) is 11.3 Å². The third kappa shape index (κ3) is 5.65. The van der Waals surface area contributed by atoms with E-state index >= 15 is 0 Å². The van der Waals surface area contributed by atoms with Gasteiger partial charge in [-0.05, 0) is 48.5 Å². The summed E-state index contributed by atoms with van der Waals surface area (Å²) >= 11 is 7.30. The van der Waals surface area contributed by atoms with E-state index in [1.54, 1.807) is 72.1 Å². The third-order valence-electron chi connectivity index (χ3n) is 5.46. The summed E-state index contributed by atoms with van der Waals surface area (Å²) in [6.07, 6.45) is 1.63. The van der Waals surface area contributed by atoms with Crippen LogP contribution in [0.5, 0.6) is 5.75 Å². The number of fused-ring (bicyclic) bond motifs is 1. The predicted molar refractivity (Wildman–Crippen MR) is 149 cm³/mol. The number of amides is 1. The minimum atomic E-state index is -0.535. The van der Waals surface area contributed by atoms with Gasteiger partial charge in [0.25, 0.3) is 5.91 Å². The molecule has 0 radical (unpaired) electrons. The van der Waals surface area contributed by atoms with E-state index in [1.165, 1.54) is 11.3 Å². The van der Waals surface area contributed by atoms with E-state index in [0.717, 1.165) is 0 Å². The molecule has 0 aliphatic rings. The number of nitrogens with one attached hydrogen (secondary N) is 1. The second kappa shape index (κ2) is 11.1. The van der Waals surface area contributed by atoms with Gasteiger partial charge in [0.1, 0.15) is 22.4 Å². The van der Waals surface area contributed by atoms with Crippen molar-refractivity contribution in [3.8, 4) is 23.1 Å². The first-order chi connectivity index (χ1) is 18.5. The van der Waals surface area contributed by atoms with Crippen LogP contribution in [0.4, 0.5) is 5.69 Å². The Morgan fingerprint density at radius 2 is 1.89 bits per heavy atom. The number of benzene rings is 3. The number of hydrogen-bond acceptors (Lipinski definition) is 7. The van der Waals surface area contributed by atoms with Crippen LogP contribution in [-0.4, -0.2) is 17.5 Å². The Balaban J connectivity index is 1.38. The second-order valence-corrected chi connectivity index (χ2v) is 9.37. The molecule has 0 fully saturated rings. The number of nitrogens with zero attached hydrogens (tertiary/aromatic N) is 2. The highest BCUT2D eigenvalue weighted by Gasteiger charge is 2.15. The average Bonchev–Trinajstić information content (AvgIpc) is 3.41. The summed E-state index contributed by atoms with van der Waals surface area (Å²) in [7, 11) is 0. The highest BCUT2D eigenvalue weighted by molar-refractivity contribution is 7.11. The SMILES string of the molecule is N#C/C(=C\c1ccccc1OCC(=O)Nc1ccccc1)c1nc(-c2cc3cc(Cl)ccc3oc2=O)cs1. The molecule has 3 aromatic carbocycles. The maximum atomic E-state index is 12.6. The summed E-state index contributed by atoms with van der Waals surface area (Å²) in [5, 5.41) is 15.9. The molecular weight excluding hydrogens is 522 g/mol. The van der Waals surface area contributed by atoms with Crippen molar-refractivity contribution in [3.63, 3.8) is 0 Å². The fourth-order valence-corrected chi connectivity index (χ4v) is 4.65. The molecule has 0 saturated carbocycles. The van der Waals surface area contributed by atoms with Gasteiger partial charge < -0.3 is 14.5 Å². The topological polar surface area (TPSA) is 105 Å². The Bertz CT molecular complexity index is 1770. The molecule has 7 nitrogen and oxygen atoms in total. The first kappa shape index (κ1) is 25.0. The summed E-state index contributed by atoms with van der Waals surface area (Å²) in [5.41, 5.74) is 2.10. The molecule has 0 saturated heterocycles. The number of para-hydroxylation sites is 2. The molecule has 9 heteroatoms. The van der Waals surface area contributed by atoms with Crippen molar-refractivity contribution in [3.05, 3.63) is 110 Å². The number of carbonyl (C=O) groups is 1. The molecule has 5 aromatic rings. The van der Waals surface area contributed by atoms with Crippen molar-refractivity contribution < 1.29 is 13.9 Å². The van der Waals surface area contributed by atoms with Crippen LogP contribution in [0.1, 0.15) is 10.6 Å². The van der Waals surface area contributed by atoms with Crippen molar-refractivity contribution in [1.29, 1.82) is 5.26 Å². The zero-order valence-electron chi connectivity index (χ0n) is 19.7. The first-order valence-electron chi connectivity index (χ1n) is 11.4. The Kier molecular flexibility index (Phi) is 7.31. The van der Waals surface area contributed by atoms with Crippen LogP contribution in [0.3, 0.4) is 0 Å². The van der Waals surface area contributed by atoms with E-state index in [0.29, 0.717) is 43.7 Å². The summed E-state index contributed by atoms with van der Waals surface area (Å²) in [6, 6.07) is 25.0. The maximum Gasteiger partial charge on any atom is 0.345 e. The smallest absolute Gasteiger partial charge is 0.345 e. The van der Waals surface area contributed by atoms with E-state index in [2.05, 4.69) is 16.4 Å². The van der Waals surface area contributed by atoms with Gasteiger partial charge in [-0.3, -0.25) is 4.79 Å². The van der Waals surface area contributed by atoms with Gasteiger partial charge in [0.2, 0.25) is 0 Å². The lowest BCUT2D eigenvalue weighted by Gasteiger charge is -2.10. The van der Waals surface area contributed by atoms with Crippen molar-refractivity contribution in [2.24, 2.45) is 0 Å². The summed E-state index contributed by atoms with van der Waals surface area (Å²) in [4.78, 5) is 29.4. The average molecular weight is 540 g/mol.